The molecule has 21 heteroatoms. The molecule has 106 heavy (non-hydrogen) atoms. The number of carbonyl (C=O) groups is 2. The van der Waals surface area contributed by atoms with Gasteiger partial charge in [-0.1, -0.05) is 171 Å². The van der Waals surface area contributed by atoms with Crippen LogP contribution < -0.4 is 27.6 Å². The van der Waals surface area contributed by atoms with E-state index in [9.17, 15) is 9.59 Å². The zero-order valence-electron chi connectivity index (χ0n) is 59.4. The van der Waals surface area contributed by atoms with Crippen LogP contribution in [0.1, 0.15) is 123 Å². The lowest BCUT2D eigenvalue weighted by molar-refractivity contribution is 0.0365. The summed E-state index contributed by atoms with van der Waals surface area (Å²) in [6.07, 6.45) is 17.3. The quantitative estimate of drug-likeness (QED) is 0.0563. The molecule has 3 aliphatic carbocycles. The smallest absolute Gasteiger partial charge is 0.408 e. The zero-order valence-corrected chi connectivity index (χ0v) is 61.0. The van der Waals surface area contributed by atoms with Gasteiger partial charge >= 0.3 is 12.2 Å². The Hall–Kier alpha value is -11.2. The van der Waals surface area contributed by atoms with Gasteiger partial charge in [-0.3, -0.25) is 8.80 Å². The van der Waals surface area contributed by atoms with Crippen LogP contribution in [0.2, 0.25) is 0 Å². The molecule has 7 N–H and O–H groups in total. The van der Waals surface area contributed by atoms with E-state index in [0.29, 0.717) is 5.82 Å². The fourth-order valence-corrected chi connectivity index (χ4v) is 14.2. The second-order valence-electron chi connectivity index (χ2n) is 29.1. The Kier molecular flexibility index (Phi) is 21.4. The van der Waals surface area contributed by atoms with Crippen molar-refractivity contribution in [1.82, 2.24) is 59.8 Å². The summed E-state index contributed by atoms with van der Waals surface area (Å²) in [6, 6.07) is 68.5. The second-order valence-corrected chi connectivity index (χ2v) is 29.1. The van der Waals surface area contributed by atoms with E-state index in [1.54, 1.807) is 18.9 Å². The van der Waals surface area contributed by atoms with Gasteiger partial charge in [-0.2, -0.15) is 0 Å². The number of nitrogens with two attached hydrogens (primary N) is 2. The number of aromatic nitrogens is 10. The van der Waals surface area contributed by atoms with Gasteiger partial charge in [-0.25, -0.2) is 35.4 Å². The van der Waals surface area contributed by atoms with E-state index in [-0.39, 0.29) is 55.5 Å². The van der Waals surface area contributed by atoms with Crippen LogP contribution in [-0.2, 0) is 26.1 Å². The summed E-state index contributed by atoms with van der Waals surface area (Å²) >= 11 is 0. The molecule has 540 valence electrons. The molecule has 19 nitrogen and oxygen atoms in total. The number of benzene rings is 6. The number of nitrogens with one attached hydrogen (secondary N) is 3. The van der Waals surface area contributed by atoms with Crippen molar-refractivity contribution in [3.05, 3.63) is 248 Å². The number of amides is 2. The van der Waals surface area contributed by atoms with Crippen LogP contribution in [0, 0.1) is 0 Å². The summed E-state index contributed by atoms with van der Waals surface area (Å²) in [5.74, 6) is 6.30. The molecule has 0 bridgehead atoms. The summed E-state index contributed by atoms with van der Waals surface area (Å²) < 4.78 is 14.9. The number of hydrogen-bond acceptors (Lipinski definition) is 15. The average Bonchev–Trinajstić information content (AvgIpc) is 1.45. The minimum atomic E-state index is -0.538. The molecule has 0 saturated heterocycles. The molecule has 8 aromatic heterocycles. The highest BCUT2D eigenvalue weighted by Crippen LogP contribution is 2.46. The highest BCUT2D eigenvalue weighted by atomic mass is 35.5. The lowest BCUT2D eigenvalue weighted by Crippen LogP contribution is -2.52. The van der Waals surface area contributed by atoms with Crippen molar-refractivity contribution in [2.24, 2.45) is 11.6 Å². The van der Waals surface area contributed by atoms with Crippen LogP contribution in [0.15, 0.2) is 231 Å². The van der Waals surface area contributed by atoms with E-state index < -0.39 is 16.7 Å². The number of hydrogen-bond donors (Lipinski definition) is 5. The highest BCUT2D eigenvalue weighted by Gasteiger charge is 2.43. The average molecular weight is 1450 g/mol. The third kappa shape index (κ3) is 15.2. The normalized spacial score (nSPS) is 14.5. The largest absolute Gasteiger partial charge is 0.444 e. The number of rotatable bonds is 12. The molecule has 3 fully saturated rings. The Labute approximate surface area is 628 Å². The molecular weight excluding hydrogens is 1370 g/mol. The Balaban J connectivity index is 0.000000148. The van der Waals surface area contributed by atoms with Crippen molar-refractivity contribution in [3.8, 4) is 67.2 Å². The number of anilines is 1. The maximum atomic E-state index is 12.6. The van der Waals surface area contributed by atoms with Gasteiger partial charge in [0.25, 0.3) is 0 Å². The van der Waals surface area contributed by atoms with Crippen LogP contribution >= 0.6 is 24.8 Å². The van der Waals surface area contributed by atoms with Crippen molar-refractivity contribution in [3.63, 3.8) is 0 Å². The van der Waals surface area contributed by atoms with Gasteiger partial charge in [0.05, 0.1) is 44.7 Å². The van der Waals surface area contributed by atoms with Crippen molar-refractivity contribution in [2.75, 3.05) is 5.43 Å². The predicted molar refractivity (Wildman–Crippen MR) is 427 cm³/mol. The number of carbonyl (C=O) groups excluding carboxylic acids is 2. The molecule has 8 heterocycles. The molecule has 0 spiro atoms. The van der Waals surface area contributed by atoms with Crippen LogP contribution in [-0.4, -0.2) is 72.5 Å². The minimum Gasteiger partial charge on any atom is -0.444 e. The second kappa shape index (κ2) is 30.5. The maximum absolute atomic E-state index is 12.6. The number of hydrazine groups is 1. The van der Waals surface area contributed by atoms with Crippen molar-refractivity contribution in [2.45, 2.75) is 135 Å². The number of fused-ring (bicyclic) bond motifs is 7. The fourth-order valence-electron chi connectivity index (χ4n) is 14.2. The first kappa shape index (κ1) is 74.5. The molecule has 0 atom stereocenters. The lowest BCUT2D eigenvalue weighted by atomic mass is 9.71. The minimum absolute atomic E-state index is 0. The molecule has 0 aliphatic heterocycles. The Bertz CT molecular complexity index is 5450. The highest BCUT2D eigenvalue weighted by molar-refractivity contribution is 6.00. The van der Waals surface area contributed by atoms with Gasteiger partial charge in [-0.15, -0.1) is 45.2 Å². The van der Waals surface area contributed by atoms with Gasteiger partial charge in [0.2, 0.25) is 0 Å². The van der Waals surface area contributed by atoms with Crippen molar-refractivity contribution < 1.29 is 19.1 Å². The summed E-state index contributed by atoms with van der Waals surface area (Å²) in [5.41, 5.74) is 26.9. The summed E-state index contributed by atoms with van der Waals surface area (Å²) in [4.78, 5) is 44.6. The predicted octanol–water partition coefficient (Wildman–Crippen LogP) is 19.1. The van der Waals surface area contributed by atoms with Crippen LogP contribution in [0.4, 0.5) is 15.4 Å². The van der Waals surface area contributed by atoms with Crippen LogP contribution in [0.5, 0.6) is 0 Å². The van der Waals surface area contributed by atoms with Crippen molar-refractivity contribution >= 4 is 86.8 Å². The van der Waals surface area contributed by atoms with Crippen LogP contribution in [0.3, 0.4) is 0 Å². The monoisotopic (exact) mass is 1450 g/mol. The van der Waals surface area contributed by atoms with Gasteiger partial charge in [0, 0.05) is 73.7 Å². The molecule has 0 unspecified atom stereocenters. The molecule has 14 aromatic rings. The fraction of sp³-hybridized carbons (Fsp3) is 0.247. The molecule has 17 rings (SSSR count). The Morgan fingerprint density at radius 3 is 1.12 bits per heavy atom. The molecule has 0 radical (unpaired) electrons. The molecule has 6 aromatic carbocycles. The standard InChI is InChI=1S/C30H29N5O2.C29H31N5O2.C25H21N5.CH4.2ClH/c1-29(2,3)37-28(36)33-30(15-7-16-30)22-12-10-21(11-13-22)26-23(20-8-5-4-6-9-20)18-24-25(32-26)14-17-35-19-31-34-27(24)35;1-28(2,3)36-27(35)33-29(15-7-16-29)21-12-10-20(11-13-21)25-22(19-8-5-4-6-9-19)18-23-24(32-25)14-17-31-26(23)34-30;26-25(12-4-13-25)19-9-7-18(8-10-19)23-20(17-5-2-1-3-6-17)15-21-22(28-23)11-14-30-16-27-29-24(21)30;;;/h4-6,8-14,17-19H,7,15-16H2,1-3H3,(H,33,36);4-6,8-14,17-18H,7,15-16,30H2,1-3H3,(H,31,34)(H,33,35);1-3,5-11,14-16H,4,12-13,26H2;1H4;2*1H. The number of ether oxygens (including phenoxy) is 2. The van der Waals surface area contributed by atoms with Gasteiger partial charge in [0.1, 0.15) is 29.7 Å². The molecule has 3 aliphatic rings. The zero-order chi connectivity index (χ0) is 71.1. The summed E-state index contributed by atoms with van der Waals surface area (Å²) in [6.45, 7) is 11.3. The first-order valence-corrected chi connectivity index (χ1v) is 35.1. The van der Waals surface area contributed by atoms with Crippen molar-refractivity contribution in [1.29, 1.82) is 0 Å². The van der Waals surface area contributed by atoms with E-state index in [2.05, 4.69) is 181 Å². The van der Waals surface area contributed by atoms with E-state index in [0.717, 1.165) is 174 Å². The van der Waals surface area contributed by atoms with Gasteiger partial charge < -0.3 is 31.3 Å². The van der Waals surface area contributed by atoms with E-state index in [4.69, 9.17) is 36.0 Å². The molecule has 2 amide bonds. The summed E-state index contributed by atoms with van der Waals surface area (Å²) in [7, 11) is 0. The number of nitrogens with zero attached hydrogens (tertiary/aromatic N) is 10. The first-order chi connectivity index (χ1) is 49.8. The maximum Gasteiger partial charge on any atom is 0.408 e. The van der Waals surface area contributed by atoms with Gasteiger partial charge in [0.15, 0.2) is 11.3 Å². The number of pyridine rings is 6. The number of alkyl carbamates (subject to hydrolysis) is 2. The summed E-state index contributed by atoms with van der Waals surface area (Å²) in [5, 5.41) is 25.8. The van der Waals surface area contributed by atoms with E-state index in [1.165, 1.54) is 12.0 Å². The topological polar surface area (TPSA) is 253 Å². The molecule has 3 saturated carbocycles. The molecular formula is C85H87Cl2N15O4. The third-order valence-electron chi connectivity index (χ3n) is 19.9. The van der Waals surface area contributed by atoms with E-state index >= 15 is 0 Å². The Morgan fingerprint density at radius 2 is 0.792 bits per heavy atom. The SMILES string of the molecule is C.CC(C)(C)OC(=O)NC1(c2ccc(-c3nc4ccn5cnnc5c4cc3-c3ccccc3)cc2)CCC1.CC(C)(C)OC(=O)NC1(c2ccc(-c3nc4ccnc(NN)c4cc3-c3ccccc3)cc2)CCC1.Cl.Cl.NC1(c2ccc(-c3nc4ccn5cnnc5c4cc3-c3ccccc3)cc2)CCC1. The lowest BCUT2D eigenvalue weighted by Gasteiger charge is -2.43. The Morgan fingerprint density at radius 1 is 0.443 bits per heavy atom. The number of nitrogen functional groups attached to an aromatic ring is 1. The third-order valence-corrected chi connectivity index (χ3v) is 19.9. The van der Waals surface area contributed by atoms with Crippen LogP contribution in [0.25, 0.3) is 111 Å². The number of halogens is 2. The first-order valence-electron chi connectivity index (χ1n) is 35.1. The van der Waals surface area contributed by atoms with Gasteiger partial charge in [-0.05, 0) is 169 Å². The van der Waals surface area contributed by atoms with E-state index in [1.807, 2.05) is 123 Å².